The van der Waals surface area contributed by atoms with Gasteiger partial charge in [-0.1, -0.05) is 12.8 Å². The van der Waals surface area contributed by atoms with Gasteiger partial charge in [0.2, 0.25) is 5.91 Å². The number of rotatable bonds is 3. The number of carboxylic acids is 1. The van der Waals surface area contributed by atoms with Crippen molar-refractivity contribution in [2.45, 2.75) is 69.9 Å². The van der Waals surface area contributed by atoms with Gasteiger partial charge in [0.1, 0.15) is 0 Å². The second kappa shape index (κ2) is 4.99. The van der Waals surface area contributed by atoms with Crippen LogP contribution in [-0.4, -0.2) is 34.0 Å². The first-order valence-electron chi connectivity index (χ1n) is 8.69. The Hall–Kier alpha value is -1.06. The van der Waals surface area contributed by atoms with Gasteiger partial charge < -0.3 is 10.0 Å². The molecular weight excluding hydrogens is 266 g/mol. The molecule has 4 atom stereocenters. The zero-order valence-corrected chi connectivity index (χ0v) is 12.5. The first kappa shape index (κ1) is 13.6. The van der Waals surface area contributed by atoms with E-state index in [-0.39, 0.29) is 12.3 Å². The van der Waals surface area contributed by atoms with Crippen LogP contribution in [0.2, 0.25) is 0 Å². The molecule has 2 bridgehead atoms. The van der Waals surface area contributed by atoms with Gasteiger partial charge >= 0.3 is 5.97 Å². The number of piperidine rings is 1. The van der Waals surface area contributed by atoms with Crippen LogP contribution in [0.25, 0.3) is 0 Å². The molecular formula is C17H25NO3. The Labute approximate surface area is 125 Å². The molecule has 1 amide bonds. The van der Waals surface area contributed by atoms with E-state index in [4.69, 9.17) is 5.11 Å². The Kier molecular flexibility index (Phi) is 3.23. The molecule has 1 N–H and O–H groups in total. The SMILES string of the molecule is O=C(O)CC1CC2CCC(C1)N2C(=O)C1C2CCCCC21. The lowest BCUT2D eigenvalue weighted by Gasteiger charge is -2.39. The van der Waals surface area contributed by atoms with E-state index in [0.29, 0.717) is 35.7 Å². The Morgan fingerprint density at radius 1 is 0.952 bits per heavy atom. The highest BCUT2D eigenvalue weighted by Crippen LogP contribution is 2.57. The number of carboxylic acid groups (broad SMARTS) is 1. The van der Waals surface area contributed by atoms with Crippen LogP contribution in [0.1, 0.15) is 57.8 Å². The van der Waals surface area contributed by atoms with Crippen molar-refractivity contribution < 1.29 is 14.7 Å². The Balaban J connectivity index is 1.43. The average Bonchev–Trinajstić information content (AvgIpc) is 3.11. The van der Waals surface area contributed by atoms with Gasteiger partial charge in [0.05, 0.1) is 0 Å². The summed E-state index contributed by atoms with van der Waals surface area (Å²) >= 11 is 0. The van der Waals surface area contributed by atoms with E-state index in [0.717, 1.165) is 25.7 Å². The summed E-state index contributed by atoms with van der Waals surface area (Å²) in [4.78, 5) is 26.0. The standard InChI is InChI=1S/C17H25NO3/c19-15(20)9-10-7-11-5-6-12(8-10)18(11)17(21)16-13-3-1-2-4-14(13)16/h10-14,16H,1-9H2,(H,19,20). The molecule has 4 rings (SSSR count). The van der Waals surface area contributed by atoms with E-state index in [1.807, 2.05) is 0 Å². The van der Waals surface area contributed by atoms with Crippen LogP contribution < -0.4 is 0 Å². The molecule has 4 nitrogen and oxygen atoms in total. The van der Waals surface area contributed by atoms with E-state index in [2.05, 4.69) is 4.90 Å². The summed E-state index contributed by atoms with van der Waals surface area (Å²) in [6.45, 7) is 0. The fraction of sp³-hybridized carbons (Fsp3) is 0.882. The third-order valence-electron chi connectivity index (χ3n) is 6.49. The van der Waals surface area contributed by atoms with Gasteiger partial charge in [0.25, 0.3) is 0 Å². The summed E-state index contributed by atoms with van der Waals surface area (Å²) in [7, 11) is 0. The third kappa shape index (κ3) is 2.27. The van der Waals surface area contributed by atoms with E-state index in [1.54, 1.807) is 0 Å². The molecule has 2 aliphatic carbocycles. The van der Waals surface area contributed by atoms with Crippen molar-refractivity contribution in [1.29, 1.82) is 0 Å². The normalized spacial score (nSPS) is 44.3. The molecule has 0 aromatic rings. The predicted octanol–water partition coefficient (Wildman–Crippen LogP) is 2.67. The summed E-state index contributed by atoms with van der Waals surface area (Å²) in [5, 5.41) is 8.99. The number of aliphatic carboxylic acids is 1. The summed E-state index contributed by atoms with van der Waals surface area (Å²) in [6.07, 6.45) is 9.41. The lowest BCUT2D eigenvalue weighted by atomic mass is 9.88. The maximum Gasteiger partial charge on any atom is 0.303 e. The van der Waals surface area contributed by atoms with Crippen molar-refractivity contribution in [2.24, 2.45) is 23.7 Å². The fourth-order valence-electron chi connectivity index (χ4n) is 5.59. The molecule has 2 heterocycles. The number of hydrogen-bond donors (Lipinski definition) is 1. The van der Waals surface area contributed by atoms with E-state index >= 15 is 0 Å². The van der Waals surface area contributed by atoms with Crippen molar-refractivity contribution >= 4 is 11.9 Å². The van der Waals surface area contributed by atoms with E-state index in [9.17, 15) is 9.59 Å². The molecule has 0 aromatic carbocycles. The van der Waals surface area contributed by atoms with Crippen molar-refractivity contribution in [2.75, 3.05) is 0 Å². The van der Waals surface area contributed by atoms with Crippen LogP contribution in [0.3, 0.4) is 0 Å². The van der Waals surface area contributed by atoms with Gasteiger partial charge in [0, 0.05) is 24.4 Å². The predicted molar refractivity (Wildman–Crippen MR) is 77.6 cm³/mol. The molecule has 4 fully saturated rings. The number of carbonyl (C=O) groups is 2. The lowest BCUT2D eigenvalue weighted by molar-refractivity contribution is -0.140. The van der Waals surface area contributed by atoms with Crippen molar-refractivity contribution in [3.8, 4) is 0 Å². The molecule has 2 aliphatic heterocycles. The Morgan fingerprint density at radius 2 is 1.52 bits per heavy atom. The highest BCUT2D eigenvalue weighted by Gasteiger charge is 2.58. The number of nitrogens with zero attached hydrogens (tertiary/aromatic N) is 1. The summed E-state index contributed by atoms with van der Waals surface area (Å²) in [5.41, 5.74) is 0. The maximum absolute atomic E-state index is 12.9. The Bertz CT molecular complexity index is 437. The smallest absolute Gasteiger partial charge is 0.303 e. The zero-order valence-electron chi connectivity index (χ0n) is 12.5. The second-order valence-electron chi connectivity index (χ2n) is 7.70. The van der Waals surface area contributed by atoms with Gasteiger partial charge in [-0.25, -0.2) is 0 Å². The zero-order chi connectivity index (χ0) is 14.6. The summed E-state index contributed by atoms with van der Waals surface area (Å²) in [6, 6.07) is 0.673. The van der Waals surface area contributed by atoms with Gasteiger partial charge in [-0.3, -0.25) is 9.59 Å². The molecule has 21 heavy (non-hydrogen) atoms. The fourth-order valence-corrected chi connectivity index (χ4v) is 5.59. The van der Waals surface area contributed by atoms with E-state index < -0.39 is 5.97 Å². The molecule has 0 aromatic heterocycles. The average molecular weight is 291 g/mol. The number of fused-ring (bicyclic) bond motifs is 3. The second-order valence-corrected chi connectivity index (χ2v) is 7.70. The molecule has 0 radical (unpaired) electrons. The van der Waals surface area contributed by atoms with Crippen LogP contribution in [-0.2, 0) is 9.59 Å². The van der Waals surface area contributed by atoms with Crippen LogP contribution in [0.4, 0.5) is 0 Å². The van der Waals surface area contributed by atoms with E-state index in [1.165, 1.54) is 25.7 Å². The van der Waals surface area contributed by atoms with Crippen LogP contribution in [0.5, 0.6) is 0 Å². The highest BCUT2D eigenvalue weighted by molar-refractivity contribution is 5.83. The number of amides is 1. The molecule has 116 valence electrons. The maximum atomic E-state index is 12.9. The van der Waals surface area contributed by atoms with Crippen molar-refractivity contribution in [3.05, 3.63) is 0 Å². The third-order valence-corrected chi connectivity index (χ3v) is 6.49. The molecule has 2 saturated heterocycles. The molecule has 4 unspecified atom stereocenters. The first-order chi connectivity index (χ1) is 10.1. The minimum Gasteiger partial charge on any atom is -0.481 e. The summed E-state index contributed by atoms with van der Waals surface area (Å²) < 4.78 is 0. The van der Waals surface area contributed by atoms with Crippen LogP contribution in [0, 0.1) is 23.7 Å². The van der Waals surface area contributed by atoms with Gasteiger partial charge in [-0.15, -0.1) is 0 Å². The number of carbonyl (C=O) groups excluding carboxylic acids is 1. The van der Waals surface area contributed by atoms with Crippen molar-refractivity contribution in [1.82, 2.24) is 4.90 Å². The van der Waals surface area contributed by atoms with Crippen molar-refractivity contribution in [3.63, 3.8) is 0 Å². The largest absolute Gasteiger partial charge is 0.481 e. The topological polar surface area (TPSA) is 57.6 Å². The molecule has 4 heteroatoms. The summed E-state index contributed by atoms with van der Waals surface area (Å²) in [5.74, 6) is 1.71. The van der Waals surface area contributed by atoms with Gasteiger partial charge in [-0.05, 0) is 56.3 Å². The van der Waals surface area contributed by atoms with Crippen LogP contribution >= 0.6 is 0 Å². The molecule has 4 aliphatic rings. The van der Waals surface area contributed by atoms with Crippen LogP contribution in [0.15, 0.2) is 0 Å². The molecule has 2 saturated carbocycles. The molecule has 0 spiro atoms. The van der Waals surface area contributed by atoms with Gasteiger partial charge in [0.15, 0.2) is 0 Å². The lowest BCUT2D eigenvalue weighted by Crippen LogP contribution is -2.47. The first-order valence-corrected chi connectivity index (χ1v) is 8.69. The Morgan fingerprint density at radius 3 is 2.05 bits per heavy atom. The quantitative estimate of drug-likeness (QED) is 0.869. The minimum atomic E-state index is -0.688. The minimum absolute atomic E-state index is 0.281. The van der Waals surface area contributed by atoms with Gasteiger partial charge in [-0.2, -0.15) is 0 Å². The highest BCUT2D eigenvalue weighted by atomic mass is 16.4. The monoisotopic (exact) mass is 291 g/mol. The number of hydrogen-bond acceptors (Lipinski definition) is 2.